The van der Waals surface area contributed by atoms with Crippen molar-refractivity contribution in [1.29, 1.82) is 0 Å². The highest BCUT2D eigenvalue weighted by Gasteiger charge is 2.18. The summed E-state index contributed by atoms with van der Waals surface area (Å²) in [4.78, 5) is 2.23. The van der Waals surface area contributed by atoms with Crippen molar-refractivity contribution in [2.24, 2.45) is 5.14 Å². The third kappa shape index (κ3) is 3.43. The summed E-state index contributed by atoms with van der Waals surface area (Å²) in [7, 11) is -3.75. The molecule has 0 bridgehead atoms. The Labute approximate surface area is 112 Å². The number of primary sulfonamides is 1. The molecule has 0 aliphatic carbocycles. The smallest absolute Gasteiger partial charge is 0.238 e. The highest BCUT2D eigenvalue weighted by molar-refractivity contribution is 7.89. The van der Waals surface area contributed by atoms with E-state index in [0.29, 0.717) is 30.3 Å². The topological polar surface area (TPSA) is 72.6 Å². The van der Waals surface area contributed by atoms with Gasteiger partial charge in [0.25, 0.3) is 0 Å². The van der Waals surface area contributed by atoms with E-state index in [1.54, 1.807) is 12.1 Å². The van der Waals surface area contributed by atoms with Gasteiger partial charge in [0.15, 0.2) is 0 Å². The molecule has 5 nitrogen and oxygen atoms in total. The molecule has 2 rings (SSSR count). The van der Waals surface area contributed by atoms with Crippen molar-refractivity contribution in [3.05, 3.63) is 28.8 Å². The molecule has 7 heteroatoms. The molecule has 0 unspecified atom stereocenters. The third-order valence-corrected chi connectivity index (χ3v) is 4.06. The molecule has 2 N–H and O–H groups in total. The molecular weight excluding hydrogens is 276 g/mol. The quantitative estimate of drug-likeness (QED) is 0.894. The Morgan fingerprint density at radius 2 is 2.00 bits per heavy atom. The molecule has 1 saturated heterocycles. The minimum Gasteiger partial charge on any atom is -0.379 e. The fourth-order valence-electron chi connectivity index (χ4n) is 1.92. The van der Waals surface area contributed by atoms with Crippen LogP contribution in [0.3, 0.4) is 0 Å². The summed E-state index contributed by atoms with van der Waals surface area (Å²) < 4.78 is 28.3. The van der Waals surface area contributed by atoms with Crippen LogP contribution in [0.2, 0.25) is 5.02 Å². The largest absolute Gasteiger partial charge is 0.379 e. The van der Waals surface area contributed by atoms with Gasteiger partial charge in [-0.2, -0.15) is 0 Å². The Bertz CT molecular complexity index is 527. The summed E-state index contributed by atoms with van der Waals surface area (Å²) in [5.41, 5.74) is 0.670. The van der Waals surface area contributed by atoms with Crippen molar-refractivity contribution in [2.75, 3.05) is 26.3 Å². The Kier molecular flexibility index (Phi) is 4.24. The van der Waals surface area contributed by atoms with Gasteiger partial charge in [-0.15, -0.1) is 0 Å². The summed E-state index contributed by atoms with van der Waals surface area (Å²) in [6, 6.07) is 4.77. The van der Waals surface area contributed by atoms with E-state index >= 15 is 0 Å². The van der Waals surface area contributed by atoms with Crippen LogP contribution in [-0.2, 0) is 21.3 Å². The van der Waals surface area contributed by atoms with Crippen molar-refractivity contribution in [3.8, 4) is 0 Å². The zero-order chi connectivity index (χ0) is 13.2. The van der Waals surface area contributed by atoms with Crippen LogP contribution in [-0.4, -0.2) is 39.6 Å². The van der Waals surface area contributed by atoms with E-state index in [9.17, 15) is 8.42 Å². The molecule has 18 heavy (non-hydrogen) atoms. The maximum absolute atomic E-state index is 11.5. The highest BCUT2D eigenvalue weighted by atomic mass is 35.5. The van der Waals surface area contributed by atoms with Crippen molar-refractivity contribution in [3.63, 3.8) is 0 Å². The van der Waals surface area contributed by atoms with Crippen molar-refractivity contribution in [1.82, 2.24) is 4.90 Å². The van der Waals surface area contributed by atoms with Gasteiger partial charge in [-0.1, -0.05) is 17.7 Å². The molecule has 0 atom stereocenters. The maximum Gasteiger partial charge on any atom is 0.238 e. The minimum absolute atomic E-state index is 0.0986. The number of hydrogen-bond acceptors (Lipinski definition) is 4. The van der Waals surface area contributed by atoms with Gasteiger partial charge < -0.3 is 4.74 Å². The molecule has 1 aromatic rings. The maximum atomic E-state index is 11.5. The zero-order valence-electron chi connectivity index (χ0n) is 9.80. The molecule has 1 aromatic carbocycles. The molecule has 0 aromatic heterocycles. The second-order valence-electron chi connectivity index (χ2n) is 4.19. The lowest BCUT2D eigenvalue weighted by molar-refractivity contribution is 0.0338. The summed E-state index contributed by atoms with van der Waals surface area (Å²) in [5, 5.41) is 5.57. The normalized spacial score (nSPS) is 17.9. The van der Waals surface area contributed by atoms with Crippen LogP contribution in [0.25, 0.3) is 0 Å². The Morgan fingerprint density at radius 1 is 1.33 bits per heavy atom. The predicted molar refractivity (Wildman–Crippen MR) is 68.9 cm³/mol. The number of nitrogens with zero attached hydrogens (tertiary/aromatic N) is 1. The molecule has 0 saturated carbocycles. The van der Waals surface area contributed by atoms with Crippen LogP contribution < -0.4 is 5.14 Å². The van der Waals surface area contributed by atoms with Gasteiger partial charge in [0.05, 0.1) is 18.1 Å². The van der Waals surface area contributed by atoms with Gasteiger partial charge in [-0.05, 0) is 17.7 Å². The van der Waals surface area contributed by atoms with Crippen LogP contribution in [0.15, 0.2) is 23.1 Å². The number of hydrogen-bond donors (Lipinski definition) is 1. The monoisotopic (exact) mass is 290 g/mol. The SMILES string of the molecule is NS(=O)(=O)c1cc(Cl)ccc1CN1CCOCC1. The molecule has 1 fully saturated rings. The molecule has 0 radical (unpaired) electrons. The number of sulfonamides is 1. The predicted octanol–water partition coefficient (Wildman–Crippen LogP) is 0.820. The lowest BCUT2D eigenvalue weighted by atomic mass is 10.2. The number of benzene rings is 1. The number of morpholine rings is 1. The van der Waals surface area contributed by atoms with Gasteiger partial charge in [0.1, 0.15) is 0 Å². The van der Waals surface area contributed by atoms with Gasteiger partial charge in [0, 0.05) is 24.7 Å². The number of nitrogens with two attached hydrogens (primary N) is 1. The first-order chi connectivity index (χ1) is 8.47. The first kappa shape index (κ1) is 13.8. The number of halogens is 1. The first-order valence-electron chi connectivity index (χ1n) is 5.58. The van der Waals surface area contributed by atoms with Crippen LogP contribution >= 0.6 is 11.6 Å². The summed E-state index contributed by atoms with van der Waals surface area (Å²) in [5.74, 6) is 0. The lowest BCUT2D eigenvalue weighted by Crippen LogP contribution is -2.36. The van der Waals surface area contributed by atoms with Gasteiger partial charge in [-0.3, -0.25) is 4.90 Å². The number of ether oxygens (including phenoxy) is 1. The average molecular weight is 291 g/mol. The second kappa shape index (κ2) is 5.54. The van der Waals surface area contributed by atoms with E-state index < -0.39 is 10.0 Å². The Hall–Kier alpha value is -0.660. The van der Waals surface area contributed by atoms with Crippen molar-refractivity contribution < 1.29 is 13.2 Å². The highest BCUT2D eigenvalue weighted by Crippen LogP contribution is 2.21. The zero-order valence-corrected chi connectivity index (χ0v) is 11.4. The van der Waals surface area contributed by atoms with E-state index in [1.807, 2.05) is 0 Å². The lowest BCUT2D eigenvalue weighted by Gasteiger charge is -2.27. The van der Waals surface area contributed by atoms with Gasteiger partial charge in [0.2, 0.25) is 10.0 Å². The van der Waals surface area contributed by atoms with Crippen LogP contribution in [0.1, 0.15) is 5.56 Å². The van der Waals surface area contributed by atoms with Crippen molar-refractivity contribution in [2.45, 2.75) is 11.4 Å². The molecule has 100 valence electrons. The van der Waals surface area contributed by atoms with E-state index in [0.717, 1.165) is 13.1 Å². The molecule has 0 amide bonds. The first-order valence-corrected chi connectivity index (χ1v) is 7.50. The minimum atomic E-state index is -3.75. The van der Waals surface area contributed by atoms with Gasteiger partial charge in [-0.25, -0.2) is 13.6 Å². The standard InChI is InChI=1S/C11H15ClN2O3S/c12-10-2-1-9(11(7-10)18(13,15)16)8-14-3-5-17-6-4-14/h1-2,7H,3-6,8H2,(H2,13,15,16). The number of rotatable bonds is 3. The summed E-state index contributed by atoms with van der Waals surface area (Å²) in [6.45, 7) is 3.43. The van der Waals surface area contributed by atoms with E-state index in [4.69, 9.17) is 21.5 Å². The Morgan fingerprint density at radius 3 is 2.61 bits per heavy atom. The molecule has 1 aliphatic rings. The van der Waals surface area contributed by atoms with Gasteiger partial charge >= 0.3 is 0 Å². The van der Waals surface area contributed by atoms with Crippen LogP contribution in [0.5, 0.6) is 0 Å². The van der Waals surface area contributed by atoms with Crippen LogP contribution in [0.4, 0.5) is 0 Å². The second-order valence-corrected chi connectivity index (χ2v) is 6.15. The summed E-state index contributed by atoms with van der Waals surface area (Å²) >= 11 is 5.81. The fraction of sp³-hybridized carbons (Fsp3) is 0.455. The van der Waals surface area contributed by atoms with E-state index in [-0.39, 0.29) is 4.90 Å². The van der Waals surface area contributed by atoms with E-state index in [2.05, 4.69) is 4.90 Å². The third-order valence-electron chi connectivity index (χ3n) is 2.83. The van der Waals surface area contributed by atoms with E-state index in [1.165, 1.54) is 6.07 Å². The fourth-order valence-corrected chi connectivity index (χ4v) is 2.95. The van der Waals surface area contributed by atoms with Crippen LogP contribution in [0, 0.1) is 0 Å². The molecular formula is C11H15ClN2O3S. The Balaban J connectivity index is 2.26. The molecule has 1 aliphatic heterocycles. The molecule has 1 heterocycles. The summed E-state index contributed by atoms with van der Waals surface area (Å²) in [6.07, 6.45) is 0. The average Bonchev–Trinajstić information content (AvgIpc) is 2.31. The molecule has 0 spiro atoms. The van der Waals surface area contributed by atoms with Crippen molar-refractivity contribution >= 4 is 21.6 Å².